The second-order valence-corrected chi connectivity index (χ2v) is 8.32. The van der Waals surface area contributed by atoms with E-state index in [1.165, 1.54) is 17.0 Å². The molecule has 2 aliphatic rings. The molecule has 2 aromatic rings. The number of rotatable bonds is 6. The van der Waals surface area contributed by atoms with Gasteiger partial charge in [0.05, 0.1) is 22.3 Å². The molecular weight excluding hydrogens is 428 g/mol. The molecule has 0 spiro atoms. The molecule has 2 aromatic carbocycles. The quantitative estimate of drug-likeness (QED) is 0.574. The highest BCUT2D eigenvalue weighted by molar-refractivity contribution is 6.21. The molecule has 0 aromatic heterocycles. The van der Waals surface area contributed by atoms with Gasteiger partial charge in [-0.15, -0.1) is 0 Å². The summed E-state index contributed by atoms with van der Waals surface area (Å²) in [4.78, 5) is 62.5. The molecule has 0 saturated heterocycles. The van der Waals surface area contributed by atoms with Crippen LogP contribution in [0.25, 0.3) is 0 Å². The van der Waals surface area contributed by atoms with Crippen molar-refractivity contribution in [2.24, 2.45) is 11.8 Å². The predicted molar refractivity (Wildman–Crippen MR) is 116 cm³/mol. The van der Waals surface area contributed by atoms with Crippen LogP contribution in [0.1, 0.15) is 67.1 Å². The van der Waals surface area contributed by atoms with Gasteiger partial charge >= 0.3 is 11.9 Å². The zero-order chi connectivity index (χ0) is 23.7. The number of nitrogens with one attached hydrogen (secondary N) is 1. The van der Waals surface area contributed by atoms with Crippen LogP contribution < -0.4 is 5.32 Å². The summed E-state index contributed by atoms with van der Waals surface area (Å²) in [7, 11) is 0. The molecule has 9 heteroatoms. The van der Waals surface area contributed by atoms with E-state index in [1.807, 2.05) is 0 Å². The van der Waals surface area contributed by atoms with E-state index >= 15 is 0 Å². The lowest BCUT2D eigenvalue weighted by Crippen LogP contribution is -2.41. The normalized spacial score (nSPS) is 19.8. The minimum Gasteiger partial charge on any atom is -0.478 e. The number of benzene rings is 2. The average molecular weight is 450 g/mol. The molecule has 170 valence electrons. The fourth-order valence-electron chi connectivity index (χ4n) is 4.59. The lowest BCUT2D eigenvalue weighted by atomic mass is 9.78. The third-order valence-corrected chi connectivity index (χ3v) is 6.24. The van der Waals surface area contributed by atoms with Crippen molar-refractivity contribution in [2.75, 3.05) is 11.9 Å². The van der Waals surface area contributed by atoms with E-state index in [1.54, 1.807) is 24.3 Å². The highest BCUT2D eigenvalue weighted by Gasteiger charge is 2.40. The van der Waals surface area contributed by atoms with Gasteiger partial charge in [0, 0.05) is 18.2 Å². The molecule has 1 heterocycles. The molecule has 1 saturated carbocycles. The topological polar surface area (TPSA) is 141 Å². The Hall–Kier alpha value is -4.01. The van der Waals surface area contributed by atoms with Gasteiger partial charge in [0.2, 0.25) is 5.91 Å². The average Bonchev–Trinajstić information content (AvgIpc) is 3.04. The van der Waals surface area contributed by atoms with Crippen LogP contribution in [0.4, 0.5) is 5.69 Å². The second-order valence-electron chi connectivity index (χ2n) is 8.32. The fraction of sp³-hybridized carbons (Fsp3) is 0.292. The smallest absolute Gasteiger partial charge is 0.335 e. The maximum atomic E-state index is 13.1. The third kappa shape index (κ3) is 4.34. The first-order valence-corrected chi connectivity index (χ1v) is 10.6. The van der Waals surface area contributed by atoms with Crippen molar-refractivity contribution >= 4 is 35.3 Å². The second kappa shape index (κ2) is 8.85. The number of carboxylic acid groups (broad SMARTS) is 2. The summed E-state index contributed by atoms with van der Waals surface area (Å²) in [6.45, 7) is 0.111. The van der Waals surface area contributed by atoms with E-state index in [2.05, 4.69) is 5.32 Å². The number of amides is 3. The fourth-order valence-corrected chi connectivity index (χ4v) is 4.59. The van der Waals surface area contributed by atoms with Crippen molar-refractivity contribution in [2.45, 2.75) is 25.7 Å². The Labute approximate surface area is 189 Å². The number of nitrogens with zero attached hydrogens (tertiary/aromatic N) is 1. The summed E-state index contributed by atoms with van der Waals surface area (Å²) < 4.78 is 0. The number of carbonyl (C=O) groups is 5. The van der Waals surface area contributed by atoms with E-state index in [-0.39, 0.29) is 41.1 Å². The van der Waals surface area contributed by atoms with Crippen LogP contribution in [0.5, 0.6) is 0 Å². The zero-order valence-corrected chi connectivity index (χ0v) is 17.6. The van der Waals surface area contributed by atoms with Gasteiger partial charge in [-0.1, -0.05) is 25.0 Å². The van der Waals surface area contributed by atoms with Crippen LogP contribution in [0.2, 0.25) is 0 Å². The van der Waals surface area contributed by atoms with Gasteiger partial charge in [-0.3, -0.25) is 19.3 Å². The van der Waals surface area contributed by atoms with E-state index in [9.17, 15) is 34.2 Å². The minimum absolute atomic E-state index is 0.0716. The van der Waals surface area contributed by atoms with Gasteiger partial charge in [-0.05, 0) is 49.1 Å². The Morgan fingerprint density at radius 3 is 1.97 bits per heavy atom. The predicted octanol–water partition coefficient (Wildman–Crippen LogP) is 3.12. The van der Waals surface area contributed by atoms with Crippen molar-refractivity contribution in [3.8, 4) is 0 Å². The molecule has 9 nitrogen and oxygen atoms in total. The summed E-state index contributed by atoms with van der Waals surface area (Å²) >= 11 is 0. The first-order chi connectivity index (χ1) is 15.8. The Bertz CT molecular complexity index is 1110. The molecular formula is C24H22N2O7. The lowest BCUT2D eigenvalue weighted by Gasteiger charge is -2.32. The Morgan fingerprint density at radius 1 is 0.879 bits per heavy atom. The number of hydrogen-bond acceptors (Lipinski definition) is 5. The van der Waals surface area contributed by atoms with Gasteiger partial charge in [-0.25, -0.2) is 9.59 Å². The molecule has 2 unspecified atom stereocenters. The highest BCUT2D eigenvalue weighted by Crippen LogP contribution is 2.34. The van der Waals surface area contributed by atoms with E-state index in [0.717, 1.165) is 18.9 Å². The van der Waals surface area contributed by atoms with Crippen LogP contribution in [0.3, 0.4) is 0 Å². The summed E-state index contributed by atoms with van der Waals surface area (Å²) in [5, 5.41) is 21.1. The summed E-state index contributed by atoms with van der Waals surface area (Å²) in [5.74, 6) is -4.53. The van der Waals surface area contributed by atoms with Crippen LogP contribution in [0, 0.1) is 11.8 Å². The van der Waals surface area contributed by atoms with Crippen LogP contribution in [-0.4, -0.2) is 51.3 Å². The monoisotopic (exact) mass is 450 g/mol. The van der Waals surface area contributed by atoms with Crippen LogP contribution in [-0.2, 0) is 4.79 Å². The zero-order valence-electron chi connectivity index (χ0n) is 17.6. The first kappa shape index (κ1) is 22.2. The SMILES string of the molecule is O=C(O)c1cc(NC(=O)C2CCCCC2CN2C(=O)c3ccccc3C2=O)cc(C(=O)O)c1. The van der Waals surface area contributed by atoms with Crippen LogP contribution >= 0.6 is 0 Å². The van der Waals surface area contributed by atoms with Gasteiger partial charge in [0.25, 0.3) is 11.8 Å². The molecule has 0 radical (unpaired) electrons. The van der Waals surface area contributed by atoms with Crippen molar-refractivity contribution in [1.82, 2.24) is 4.90 Å². The van der Waals surface area contributed by atoms with E-state index < -0.39 is 23.8 Å². The number of carboxylic acids is 2. The first-order valence-electron chi connectivity index (χ1n) is 10.6. The number of aromatic carboxylic acids is 2. The van der Waals surface area contributed by atoms with Crippen molar-refractivity contribution < 1.29 is 34.2 Å². The highest BCUT2D eigenvalue weighted by atomic mass is 16.4. The maximum Gasteiger partial charge on any atom is 0.335 e. The molecule has 4 rings (SSSR count). The van der Waals surface area contributed by atoms with Gasteiger partial charge in [0.1, 0.15) is 0 Å². The number of carbonyl (C=O) groups excluding carboxylic acids is 3. The molecule has 33 heavy (non-hydrogen) atoms. The Morgan fingerprint density at radius 2 is 1.42 bits per heavy atom. The van der Waals surface area contributed by atoms with Gasteiger partial charge in [-0.2, -0.15) is 0 Å². The number of fused-ring (bicyclic) bond motifs is 1. The third-order valence-electron chi connectivity index (χ3n) is 6.24. The molecule has 3 N–H and O–H groups in total. The summed E-state index contributed by atoms with van der Waals surface area (Å²) in [6.07, 6.45) is 2.85. The molecule has 1 aliphatic heterocycles. The lowest BCUT2D eigenvalue weighted by molar-refractivity contribution is -0.122. The Kier molecular flexibility index (Phi) is 5.95. The van der Waals surface area contributed by atoms with Crippen molar-refractivity contribution in [3.63, 3.8) is 0 Å². The van der Waals surface area contributed by atoms with Crippen molar-refractivity contribution in [1.29, 1.82) is 0 Å². The Balaban J connectivity index is 1.53. The minimum atomic E-state index is -1.31. The van der Waals surface area contributed by atoms with Crippen molar-refractivity contribution in [3.05, 3.63) is 64.7 Å². The van der Waals surface area contributed by atoms with Crippen LogP contribution in [0.15, 0.2) is 42.5 Å². The number of hydrogen-bond donors (Lipinski definition) is 3. The number of anilines is 1. The molecule has 1 fully saturated rings. The molecule has 2 atom stereocenters. The van der Waals surface area contributed by atoms with E-state index in [4.69, 9.17) is 0 Å². The largest absolute Gasteiger partial charge is 0.478 e. The van der Waals surface area contributed by atoms with E-state index in [0.29, 0.717) is 24.0 Å². The molecule has 1 aliphatic carbocycles. The summed E-state index contributed by atoms with van der Waals surface area (Å²) in [6, 6.07) is 10.0. The standard InChI is InChI=1S/C24H22N2O7/c27-20(25-16-10-14(23(30)31)9-15(11-16)24(32)33)17-6-2-1-5-13(17)12-26-21(28)18-7-3-4-8-19(18)22(26)29/h3-4,7-11,13,17H,1-2,5-6,12H2,(H,25,27)(H,30,31)(H,32,33). The summed E-state index contributed by atoms with van der Waals surface area (Å²) in [5.41, 5.74) is 0.271. The molecule has 0 bridgehead atoms. The number of imide groups is 1. The van der Waals surface area contributed by atoms with Gasteiger partial charge in [0.15, 0.2) is 0 Å². The van der Waals surface area contributed by atoms with Gasteiger partial charge < -0.3 is 15.5 Å². The maximum absolute atomic E-state index is 13.1. The molecule has 3 amide bonds.